The number of hydrogen-bond acceptors (Lipinski definition) is 3. The predicted octanol–water partition coefficient (Wildman–Crippen LogP) is 3.65. The molecular weight excluding hydrogens is 269 g/mol. The maximum atomic E-state index is 14.1. The van der Waals surface area contributed by atoms with Crippen molar-refractivity contribution in [1.29, 1.82) is 0 Å². The van der Waals surface area contributed by atoms with Crippen molar-refractivity contribution < 1.29 is 9.13 Å². The maximum Gasteiger partial charge on any atom is 0.166 e. The van der Waals surface area contributed by atoms with Crippen LogP contribution in [0.25, 0.3) is 0 Å². The van der Waals surface area contributed by atoms with Crippen molar-refractivity contribution in [3.63, 3.8) is 0 Å². The molecule has 1 fully saturated rings. The monoisotopic (exact) mass is 289 g/mol. The molecule has 3 rings (SSSR count). The largest absolute Gasteiger partial charge is 0.451 e. The molecule has 0 radical (unpaired) electrons. The van der Waals surface area contributed by atoms with E-state index in [1.807, 2.05) is 19.9 Å². The molecule has 1 N–H and O–H groups in total. The quantitative estimate of drug-likeness (QED) is 0.882. The van der Waals surface area contributed by atoms with Crippen LogP contribution in [0.2, 0.25) is 0 Å². The second-order valence-electron chi connectivity index (χ2n) is 5.77. The third-order valence-electron chi connectivity index (χ3n) is 3.50. The fourth-order valence-corrected chi connectivity index (χ4v) is 2.07. The van der Waals surface area contributed by atoms with Crippen LogP contribution in [0.5, 0.6) is 11.5 Å². The summed E-state index contributed by atoms with van der Waals surface area (Å²) in [6, 6.07) is 5.96. The van der Waals surface area contributed by atoms with Gasteiger partial charge in [-0.2, -0.15) is 5.10 Å². The van der Waals surface area contributed by atoms with Gasteiger partial charge in [0, 0.05) is 18.6 Å². The van der Waals surface area contributed by atoms with E-state index in [0.29, 0.717) is 18.3 Å². The molecule has 1 aliphatic carbocycles. The average molecular weight is 289 g/mol. The molecule has 0 saturated heterocycles. The summed E-state index contributed by atoms with van der Waals surface area (Å²) in [4.78, 5) is 0. The zero-order valence-electron chi connectivity index (χ0n) is 12.3. The van der Waals surface area contributed by atoms with E-state index in [1.54, 1.807) is 23.1 Å². The standard InChI is InChI=1S/C16H20FN3O/c1-11(2)20-10-14(9-19-20)21-16-6-3-12(7-15(16)17)8-18-13-4-5-13/h3,6-7,9-11,13,18H,4-5,8H2,1-2H3. The van der Waals surface area contributed by atoms with Crippen LogP contribution in [0.4, 0.5) is 4.39 Å². The topological polar surface area (TPSA) is 39.1 Å². The fraction of sp³-hybridized carbons (Fsp3) is 0.438. The Bertz CT molecular complexity index is 620. The van der Waals surface area contributed by atoms with Gasteiger partial charge >= 0.3 is 0 Å². The number of ether oxygens (including phenoxy) is 1. The Labute approximate surface area is 123 Å². The molecule has 5 heteroatoms. The molecule has 0 bridgehead atoms. The number of rotatable bonds is 6. The van der Waals surface area contributed by atoms with E-state index in [9.17, 15) is 4.39 Å². The summed E-state index contributed by atoms with van der Waals surface area (Å²) in [6.45, 7) is 4.76. The van der Waals surface area contributed by atoms with Gasteiger partial charge in [-0.1, -0.05) is 6.07 Å². The van der Waals surface area contributed by atoms with Crippen molar-refractivity contribution in [1.82, 2.24) is 15.1 Å². The van der Waals surface area contributed by atoms with Crippen LogP contribution in [0, 0.1) is 5.82 Å². The maximum absolute atomic E-state index is 14.1. The van der Waals surface area contributed by atoms with Crippen molar-refractivity contribution in [2.24, 2.45) is 0 Å². The number of benzene rings is 1. The minimum Gasteiger partial charge on any atom is -0.451 e. The zero-order valence-corrected chi connectivity index (χ0v) is 12.3. The van der Waals surface area contributed by atoms with Crippen molar-refractivity contribution in [3.8, 4) is 11.5 Å². The summed E-state index contributed by atoms with van der Waals surface area (Å²) in [5.74, 6) is 0.433. The first kappa shape index (κ1) is 14.1. The number of nitrogens with one attached hydrogen (secondary N) is 1. The second kappa shape index (κ2) is 5.85. The Morgan fingerprint density at radius 1 is 1.43 bits per heavy atom. The van der Waals surface area contributed by atoms with Crippen LogP contribution in [0.15, 0.2) is 30.6 Å². The number of aromatic nitrogens is 2. The van der Waals surface area contributed by atoms with Crippen LogP contribution in [0.3, 0.4) is 0 Å². The predicted molar refractivity (Wildman–Crippen MR) is 78.9 cm³/mol. The summed E-state index contributed by atoms with van der Waals surface area (Å²) in [5.41, 5.74) is 0.935. The third-order valence-corrected chi connectivity index (χ3v) is 3.50. The minimum absolute atomic E-state index is 0.230. The lowest BCUT2D eigenvalue weighted by molar-refractivity contribution is 0.439. The number of nitrogens with zero attached hydrogens (tertiary/aromatic N) is 2. The van der Waals surface area contributed by atoms with E-state index in [-0.39, 0.29) is 17.6 Å². The minimum atomic E-state index is -0.345. The van der Waals surface area contributed by atoms with E-state index in [1.165, 1.54) is 18.9 Å². The van der Waals surface area contributed by atoms with Crippen LogP contribution in [0.1, 0.15) is 38.3 Å². The summed E-state index contributed by atoms with van der Waals surface area (Å²) < 4.78 is 21.4. The van der Waals surface area contributed by atoms with E-state index < -0.39 is 0 Å². The van der Waals surface area contributed by atoms with Gasteiger partial charge in [-0.3, -0.25) is 4.68 Å². The second-order valence-corrected chi connectivity index (χ2v) is 5.77. The van der Waals surface area contributed by atoms with Crippen LogP contribution >= 0.6 is 0 Å². The van der Waals surface area contributed by atoms with E-state index in [0.717, 1.165) is 5.56 Å². The Balaban J connectivity index is 1.66. The van der Waals surface area contributed by atoms with Gasteiger partial charge in [0.25, 0.3) is 0 Å². The lowest BCUT2D eigenvalue weighted by atomic mass is 10.2. The lowest BCUT2D eigenvalue weighted by Gasteiger charge is -2.08. The van der Waals surface area contributed by atoms with E-state index in [4.69, 9.17) is 4.74 Å². The summed E-state index contributed by atoms with van der Waals surface area (Å²) in [6.07, 6.45) is 5.82. The zero-order chi connectivity index (χ0) is 14.8. The molecule has 1 aromatic carbocycles. The normalized spacial score (nSPS) is 14.7. The Morgan fingerprint density at radius 2 is 2.24 bits per heavy atom. The molecule has 0 amide bonds. The van der Waals surface area contributed by atoms with Crippen LogP contribution in [-0.2, 0) is 6.54 Å². The molecule has 1 saturated carbocycles. The van der Waals surface area contributed by atoms with Gasteiger partial charge in [-0.05, 0) is 44.4 Å². The molecule has 0 spiro atoms. The van der Waals surface area contributed by atoms with Crippen molar-refractivity contribution >= 4 is 0 Å². The highest BCUT2D eigenvalue weighted by Crippen LogP contribution is 2.26. The summed E-state index contributed by atoms with van der Waals surface area (Å²) >= 11 is 0. The van der Waals surface area contributed by atoms with Crippen LogP contribution in [-0.4, -0.2) is 15.8 Å². The van der Waals surface area contributed by atoms with Gasteiger partial charge in [-0.25, -0.2) is 4.39 Å². The van der Waals surface area contributed by atoms with Gasteiger partial charge in [0.1, 0.15) is 0 Å². The Hall–Kier alpha value is -1.88. The highest BCUT2D eigenvalue weighted by molar-refractivity contribution is 5.33. The van der Waals surface area contributed by atoms with Gasteiger partial charge in [0.05, 0.1) is 12.4 Å². The number of halogens is 1. The van der Waals surface area contributed by atoms with Crippen LogP contribution < -0.4 is 10.1 Å². The van der Waals surface area contributed by atoms with E-state index >= 15 is 0 Å². The average Bonchev–Trinajstić information content (AvgIpc) is 3.16. The molecule has 2 aromatic rings. The summed E-state index contributed by atoms with van der Waals surface area (Å²) in [7, 11) is 0. The third kappa shape index (κ3) is 3.61. The van der Waals surface area contributed by atoms with Gasteiger partial charge in [0.2, 0.25) is 0 Å². The SMILES string of the molecule is CC(C)n1cc(Oc2ccc(CNC3CC3)cc2F)cn1. The molecular formula is C16H20FN3O. The smallest absolute Gasteiger partial charge is 0.166 e. The molecule has 1 aliphatic rings. The Morgan fingerprint density at radius 3 is 2.86 bits per heavy atom. The molecule has 0 atom stereocenters. The van der Waals surface area contributed by atoms with E-state index in [2.05, 4.69) is 10.4 Å². The molecule has 21 heavy (non-hydrogen) atoms. The fourth-order valence-electron chi connectivity index (χ4n) is 2.07. The first-order valence-corrected chi connectivity index (χ1v) is 7.35. The molecule has 0 unspecified atom stereocenters. The number of hydrogen-bond donors (Lipinski definition) is 1. The Kier molecular flexibility index (Phi) is 3.92. The van der Waals surface area contributed by atoms with Crippen molar-refractivity contribution in [2.75, 3.05) is 0 Å². The molecule has 4 nitrogen and oxygen atoms in total. The first-order chi connectivity index (χ1) is 10.1. The van der Waals surface area contributed by atoms with Crippen molar-refractivity contribution in [2.45, 2.75) is 45.3 Å². The molecule has 1 heterocycles. The first-order valence-electron chi connectivity index (χ1n) is 7.35. The van der Waals surface area contributed by atoms with Crippen molar-refractivity contribution in [3.05, 3.63) is 42.0 Å². The summed E-state index contributed by atoms with van der Waals surface area (Å²) in [5, 5.41) is 7.54. The molecule has 112 valence electrons. The van der Waals surface area contributed by atoms with Gasteiger partial charge in [0.15, 0.2) is 17.3 Å². The van der Waals surface area contributed by atoms with Gasteiger partial charge < -0.3 is 10.1 Å². The molecule has 0 aliphatic heterocycles. The molecule has 1 aromatic heterocycles. The highest BCUT2D eigenvalue weighted by Gasteiger charge is 2.20. The highest BCUT2D eigenvalue weighted by atomic mass is 19.1. The lowest BCUT2D eigenvalue weighted by Crippen LogP contribution is -2.15. The van der Waals surface area contributed by atoms with Gasteiger partial charge in [-0.15, -0.1) is 0 Å².